The Kier molecular flexibility index (Phi) is 5.29. The number of hydrogen-bond donors (Lipinski definition) is 1. The van der Waals surface area contributed by atoms with Crippen LogP contribution in [0.1, 0.15) is 18.5 Å². The largest absolute Gasteiger partial charge is 0.376 e. The number of anilines is 1. The maximum atomic E-state index is 5.81. The van der Waals surface area contributed by atoms with Gasteiger partial charge in [-0.1, -0.05) is 34.7 Å². The molecule has 0 amide bonds. The first-order valence-electron chi connectivity index (χ1n) is 6.72. The van der Waals surface area contributed by atoms with Gasteiger partial charge < -0.3 is 10.1 Å². The Morgan fingerprint density at radius 3 is 3.14 bits per heavy atom. The van der Waals surface area contributed by atoms with Gasteiger partial charge in [-0.15, -0.1) is 10.2 Å². The molecule has 8 heteroatoms. The number of aromatic nitrogens is 3. The van der Waals surface area contributed by atoms with Crippen LogP contribution >= 0.6 is 34.7 Å². The Balaban J connectivity index is 1.46. The highest BCUT2D eigenvalue weighted by Crippen LogP contribution is 2.28. The second-order valence-electron chi connectivity index (χ2n) is 4.65. The quantitative estimate of drug-likeness (QED) is 0.811. The minimum Gasteiger partial charge on any atom is -0.376 e. The van der Waals surface area contributed by atoms with Crippen molar-refractivity contribution in [3.63, 3.8) is 0 Å². The molecule has 1 saturated heterocycles. The number of ether oxygens (including phenoxy) is 1. The van der Waals surface area contributed by atoms with Gasteiger partial charge in [0.2, 0.25) is 5.13 Å². The van der Waals surface area contributed by atoms with Crippen molar-refractivity contribution < 1.29 is 4.74 Å². The fourth-order valence-corrected chi connectivity index (χ4v) is 3.76. The molecule has 0 aliphatic carbocycles. The predicted octanol–water partition coefficient (Wildman–Crippen LogP) is 3.47. The first-order chi connectivity index (χ1) is 10.3. The fraction of sp³-hybridized carbons (Fsp3) is 0.462. The highest BCUT2D eigenvalue weighted by atomic mass is 35.5. The third-order valence-corrected chi connectivity index (χ3v) is 5.32. The summed E-state index contributed by atoms with van der Waals surface area (Å²) in [5.74, 6) is 0.761. The molecule has 0 saturated carbocycles. The molecule has 0 unspecified atom stereocenters. The van der Waals surface area contributed by atoms with Gasteiger partial charge in [0.05, 0.1) is 16.8 Å². The van der Waals surface area contributed by atoms with Gasteiger partial charge in [0, 0.05) is 25.1 Å². The summed E-state index contributed by atoms with van der Waals surface area (Å²) in [4.78, 5) is 4.26. The van der Waals surface area contributed by atoms with E-state index >= 15 is 0 Å². The van der Waals surface area contributed by atoms with E-state index in [1.165, 1.54) is 0 Å². The molecule has 21 heavy (non-hydrogen) atoms. The van der Waals surface area contributed by atoms with E-state index in [0.29, 0.717) is 11.1 Å². The molecule has 0 bridgehead atoms. The first kappa shape index (κ1) is 15.0. The summed E-state index contributed by atoms with van der Waals surface area (Å²) in [6.45, 7) is 1.68. The lowest BCUT2D eigenvalue weighted by Crippen LogP contribution is -2.18. The molecule has 0 spiro atoms. The van der Waals surface area contributed by atoms with Crippen LogP contribution in [0.4, 0.5) is 5.13 Å². The van der Waals surface area contributed by atoms with E-state index in [9.17, 15) is 0 Å². The lowest BCUT2D eigenvalue weighted by atomic mass is 10.2. The third kappa shape index (κ3) is 4.54. The predicted molar refractivity (Wildman–Crippen MR) is 86.2 cm³/mol. The van der Waals surface area contributed by atoms with Gasteiger partial charge in [-0.05, 0) is 25.0 Å². The van der Waals surface area contributed by atoms with Crippen LogP contribution in [0, 0.1) is 0 Å². The van der Waals surface area contributed by atoms with E-state index in [1.807, 2.05) is 12.1 Å². The summed E-state index contributed by atoms with van der Waals surface area (Å²) >= 11 is 9.00. The van der Waals surface area contributed by atoms with Crippen molar-refractivity contribution in [2.75, 3.05) is 18.5 Å². The van der Waals surface area contributed by atoms with Crippen LogP contribution in [-0.4, -0.2) is 34.4 Å². The van der Waals surface area contributed by atoms with Gasteiger partial charge in [-0.3, -0.25) is 4.98 Å². The van der Waals surface area contributed by atoms with Crippen LogP contribution in [0.15, 0.2) is 22.7 Å². The maximum absolute atomic E-state index is 5.81. The molecule has 5 nitrogen and oxygen atoms in total. The molecule has 2 aromatic heterocycles. The van der Waals surface area contributed by atoms with Crippen molar-refractivity contribution in [3.8, 4) is 0 Å². The molecule has 3 heterocycles. The Labute approximate surface area is 136 Å². The number of nitrogens with zero attached hydrogens (tertiary/aromatic N) is 3. The Bertz CT molecular complexity index is 572. The maximum Gasteiger partial charge on any atom is 0.206 e. The Hall–Kier alpha value is -0.890. The topological polar surface area (TPSA) is 59.9 Å². The molecule has 1 aliphatic rings. The van der Waals surface area contributed by atoms with E-state index in [4.69, 9.17) is 16.3 Å². The van der Waals surface area contributed by atoms with Gasteiger partial charge in [0.25, 0.3) is 0 Å². The normalized spacial score (nSPS) is 18.0. The Morgan fingerprint density at radius 1 is 1.43 bits per heavy atom. The number of nitrogens with one attached hydrogen (secondary N) is 1. The van der Waals surface area contributed by atoms with E-state index in [-0.39, 0.29) is 0 Å². The van der Waals surface area contributed by atoms with Gasteiger partial charge >= 0.3 is 0 Å². The van der Waals surface area contributed by atoms with Crippen LogP contribution in [0.5, 0.6) is 0 Å². The summed E-state index contributed by atoms with van der Waals surface area (Å²) in [5, 5.41) is 13.1. The van der Waals surface area contributed by atoms with Crippen molar-refractivity contribution >= 4 is 39.8 Å². The zero-order chi connectivity index (χ0) is 14.5. The molecular formula is C13H15ClN4OS2. The lowest BCUT2D eigenvalue weighted by Gasteiger charge is -2.08. The number of rotatable bonds is 6. The van der Waals surface area contributed by atoms with Crippen LogP contribution in [0.2, 0.25) is 5.02 Å². The standard InChI is InChI=1S/C13H15ClN4OS2/c14-9-3-4-10(15-6-9)8-20-13-18-17-12(21-13)16-7-11-2-1-5-19-11/h3-4,6,11H,1-2,5,7-8H2,(H,16,17)/t11-/m1/s1. The van der Waals surface area contributed by atoms with Crippen molar-refractivity contribution in [1.29, 1.82) is 0 Å². The summed E-state index contributed by atoms with van der Waals surface area (Å²) in [6, 6.07) is 3.77. The SMILES string of the molecule is Clc1ccc(CSc2nnc(NC[C@H]3CCCO3)s2)nc1. The third-order valence-electron chi connectivity index (χ3n) is 3.04. The van der Waals surface area contributed by atoms with E-state index in [1.54, 1.807) is 29.3 Å². The molecular weight excluding hydrogens is 328 g/mol. The van der Waals surface area contributed by atoms with Gasteiger partial charge in [-0.25, -0.2) is 0 Å². The second kappa shape index (κ2) is 7.40. The number of thioether (sulfide) groups is 1. The fourth-order valence-electron chi connectivity index (χ4n) is 1.97. The zero-order valence-corrected chi connectivity index (χ0v) is 13.7. The van der Waals surface area contributed by atoms with E-state index < -0.39 is 0 Å². The van der Waals surface area contributed by atoms with Gasteiger partial charge in [0.15, 0.2) is 4.34 Å². The number of halogens is 1. The van der Waals surface area contributed by atoms with E-state index in [0.717, 1.165) is 46.9 Å². The van der Waals surface area contributed by atoms with Crippen LogP contribution in [-0.2, 0) is 10.5 Å². The van der Waals surface area contributed by atoms with Gasteiger partial charge in [-0.2, -0.15) is 0 Å². The monoisotopic (exact) mass is 342 g/mol. The summed E-state index contributed by atoms with van der Waals surface area (Å²) < 4.78 is 6.50. The molecule has 0 radical (unpaired) electrons. The van der Waals surface area contributed by atoms with Crippen LogP contribution in [0.3, 0.4) is 0 Å². The highest BCUT2D eigenvalue weighted by Gasteiger charge is 2.15. The average Bonchev–Trinajstić information content (AvgIpc) is 3.16. The number of hydrogen-bond acceptors (Lipinski definition) is 7. The van der Waals surface area contributed by atoms with Crippen LogP contribution < -0.4 is 5.32 Å². The Morgan fingerprint density at radius 2 is 2.38 bits per heavy atom. The smallest absolute Gasteiger partial charge is 0.206 e. The summed E-state index contributed by atoms with van der Waals surface area (Å²) in [5.41, 5.74) is 0.980. The average molecular weight is 343 g/mol. The van der Waals surface area contributed by atoms with Crippen molar-refractivity contribution in [2.24, 2.45) is 0 Å². The minimum absolute atomic E-state index is 0.309. The first-order valence-corrected chi connectivity index (χ1v) is 8.90. The van der Waals surface area contributed by atoms with Crippen molar-refractivity contribution in [1.82, 2.24) is 15.2 Å². The second-order valence-corrected chi connectivity index (χ2v) is 7.28. The van der Waals surface area contributed by atoms with Crippen molar-refractivity contribution in [2.45, 2.75) is 29.0 Å². The molecule has 1 aliphatic heterocycles. The lowest BCUT2D eigenvalue weighted by molar-refractivity contribution is 0.120. The molecule has 1 fully saturated rings. The molecule has 1 atom stereocenters. The summed E-state index contributed by atoms with van der Waals surface area (Å²) in [7, 11) is 0. The summed E-state index contributed by atoms with van der Waals surface area (Å²) in [6.07, 6.45) is 4.24. The molecule has 0 aromatic carbocycles. The molecule has 1 N–H and O–H groups in total. The van der Waals surface area contributed by atoms with Gasteiger partial charge in [0.1, 0.15) is 0 Å². The molecule has 112 valence electrons. The molecule has 2 aromatic rings. The highest BCUT2D eigenvalue weighted by molar-refractivity contribution is 8.00. The minimum atomic E-state index is 0.309. The zero-order valence-electron chi connectivity index (χ0n) is 11.3. The number of pyridine rings is 1. The van der Waals surface area contributed by atoms with E-state index in [2.05, 4.69) is 20.5 Å². The molecule has 3 rings (SSSR count). The van der Waals surface area contributed by atoms with Crippen LogP contribution in [0.25, 0.3) is 0 Å². The van der Waals surface area contributed by atoms with Crippen molar-refractivity contribution in [3.05, 3.63) is 29.0 Å².